The van der Waals surface area contributed by atoms with Gasteiger partial charge in [-0.05, 0) is 52.6 Å². The molecular formula is C43H32N2O4. The van der Waals surface area contributed by atoms with Crippen LogP contribution < -0.4 is 14.5 Å². The number of rotatable bonds is 7. The van der Waals surface area contributed by atoms with Crippen LogP contribution in [0.25, 0.3) is 0 Å². The van der Waals surface area contributed by atoms with Crippen LogP contribution in [0, 0.1) is 0 Å². The summed E-state index contributed by atoms with van der Waals surface area (Å²) in [6.45, 7) is 0. The molecule has 2 heterocycles. The number of methoxy groups -OCH3 is 1. The molecule has 2 aliphatic heterocycles. The van der Waals surface area contributed by atoms with Gasteiger partial charge in [-0.1, -0.05) is 140 Å². The predicted octanol–water partition coefficient (Wildman–Crippen LogP) is 7.63. The first kappa shape index (κ1) is 30.1. The van der Waals surface area contributed by atoms with Gasteiger partial charge in [0.15, 0.2) is 5.54 Å². The molecule has 0 bridgehead atoms. The van der Waals surface area contributed by atoms with Crippen LogP contribution in [0.2, 0.25) is 0 Å². The summed E-state index contributed by atoms with van der Waals surface area (Å²) in [5.41, 5.74) is 1.27. The second kappa shape index (κ2) is 11.8. The van der Waals surface area contributed by atoms with Crippen molar-refractivity contribution < 1.29 is 19.1 Å². The molecule has 6 nitrogen and oxygen atoms in total. The number of fused-ring (bicyclic) bond motifs is 2. The third-order valence-corrected chi connectivity index (χ3v) is 9.93. The van der Waals surface area contributed by atoms with Crippen LogP contribution in [0.5, 0.6) is 5.75 Å². The molecule has 1 saturated heterocycles. The van der Waals surface area contributed by atoms with E-state index in [4.69, 9.17) is 4.74 Å². The lowest BCUT2D eigenvalue weighted by Crippen LogP contribution is -2.82. The third-order valence-electron chi connectivity index (χ3n) is 9.93. The lowest BCUT2D eigenvalue weighted by molar-refractivity contribution is -0.147. The Morgan fingerprint density at radius 3 is 1.55 bits per heavy atom. The predicted molar refractivity (Wildman–Crippen MR) is 189 cm³/mol. The van der Waals surface area contributed by atoms with Gasteiger partial charge in [-0.2, -0.15) is 0 Å². The van der Waals surface area contributed by atoms with E-state index in [2.05, 4.69) is 0 Å². The summed E-state index contributed by atoms with van der Waals surface area (Å²) in [5.74, 6) is -1.31. The molecule has 2 aliphatic rings. The minimum absolute atomic E-state index is 0.268. The molecule has 0 aromatic heterocycles. The molecule has 6 heteroatoms. The van der Waals surface area contributed by atoms with Gasteiger partial charge in [-0.15, -0.1) is 0 Å². The van der Waals surface area contributed by atoms with E-state index in [1.54, 1.807) is 36.3 Å². The molecule has 238 valence electrons. The van der Waals surface area contributed by atoms with Crippen LogP contribution in [0.3, 0.4) is 0 Å². The maximum atomic E-state index is 15.9. The number of carbonyl (C=O) groups is 3. The largest absolute Gasteiger partial charge is 0.497 e. The van der Waals surface area contributed by atoms with E-state index < -0.39 is 28.7 Å². The van der Waals surface area contributed by atoms with Gasteiger partial charge in [-0.25, -0.2) is 4.90 Å². The lowest BCUT2D eigenvalue weighted by atomic mass is 9.51. The zero-order valence-electron chi connectivity index (χ0n) is 26.8. The van der Waals surface area contributed by atoms with Gasteiger partial charge in [0, 0.05) is 11.3 Å². The topological polar surface area (TPSA) is 66.9 Å². The van der Waals surface area contributed by atoms with Crippen molar-refractivity contribution in [2.24, 2.45) is 0 Å². The Kier molecular flexibility index (Phi) is 7.22. The summed E-state index contributed by atoms with van der Waals surface area (Å²) in [7, 11) is 1.58. The van der Waals surface area contributed by atoms with E-state index in [-0.39, 0.29) is 5.91 Å². The van der Waals surface area contributed by atoms with Crippen LogP contribution in [0.15, 0.2) is 170 Å². The van der Waals surface area contributed by atoms with E-state index in [1.807, 2.05) is 146 Å². The van der Waals surface area contributed by atoms with Gasteiger partial charge < -0.3 is 4.74 Å². The maximum absolute atomic E-state index is 15.9. The highest BCUT2D eigenvalue weighted by molar-refractivity contribution is 6.34. The summed E-state index contributed by atoms with van der Waals surface area (Å²) in [4.78, 5) is 49.3. The molecular weight excluding hydrogens is 608 g/mol. The standard InChI is InChI=1S/C43H32N2O4/c1-49-35-28-26-34(27-29-35)45-40(47)42(32-20-10-4-11-21-32,33-22-12-5-13-23-33)43(45)36-24-14-15-25-37(36)44(41(43)48)39(46)38(30-16-6-2-7-17-30)31-18-8-3-9-19-31/h2-29,38H,1H3. The van der Waals surface area contributed by atoms with Crippen molar-refractivity contribution in [1.82, 2.24) is 0 Å². The van der Waals surface area contributed by atoms with Crippen LogP contribution in [-0.2, 0) is 25.3 Å². The van der Waals surface area contributed by atoms with Gasteiger partial charge in [0.2, 0.25) is 11.8 Å². The molecule has 0 aliphatic carbocycles. The molecule has 6 aromatic carbocycles. The molecule has 6 aromatic rings. The smallest absolute Gasteiger partial charge is 0.266 e. The molecule has 49 heavy (non-hydrogen) atoms. The number of nitrogens with zero attached hydrogens (tertiary/aromatic N) is 2. The van der Waals surface area contributed by atoms with E-state index in [0.29, 0.717) is 33.8 Å². The maximum Gasteiger partial charge on any atom is 0.266 e. The first-order chi connectivity index (χ1) is 24.0. The molecule has 0 radical (unpaired) electrons. The molecule has 1 spiro atoms. The lowest BCUT2D eigenvalue weighted by Gasteiger charge is -2.62. The molecule has 0 saturated carbocycles. The number of β-lactam (4-membered cyclic amide) rings is 1. The highest BCUT2D eigenvalue weighted by Gasteiger charge is 2.81. The second-order valence-electron chi connectivity index (χ2n) is 12.3. The molecule has 8 rings (SSSR count). The Balaban J connectivity index is 1.42. The number of hydrogen-bond acceptors (Lipinski definition) is 4. The van der Waals surface area contributed by atoms with Crippen LogP contribution in [0.4, 0.5) is 11.4 Å². The number of carbonyl (C=O) groups excluding carboxylic acids is 3. The quantitative estimate of drug-likeness (QED) is 0.168. The van der Waals surface area contributed by atoms with Crippen LogP contribution >= 0.6 is 0 Å². The van der Waals surface area contributed by atoms with Crippen molar-refractivity contribution in [3.63, 3.8) is 0 Å². The number of hydrogen-bond donors (Lipinski definition) is 0. The highest BCUT2D eigenvalue weighted by atomic mass is 16.5. The number of anilines is 2. The van der Waals surface area contributed by atoms with Crippen molar-refractivity contribution in [3.05, 3.63) is 198 Å². The number of ether oxygens (including phenoxy) is 1. The Labute approximate surface area is 284 Å². The summed E-state index contributed by atoms with van der Waals surface area (Å²) < 4.78 is 5.44. The number of benzene rings is 6. The Hall–Kier alpha value is -6.27. The van der Waals surface area contributed by atoms with Crippen molar-refractivity contribution in [2.75, 3.05) is 16.9 Å². The van der Waals surface area contributed by atoms with Crippen molar-refractivity contribution in [2.45, 2.75) is 16.9 Å². The van der Waals surface area contributed by atoms with Crippen molar-refractivity contribution in [3.8, 4) is 5.75 Å². The minimum atomic E-state index is -1.65. The van der Waals surface area contributed by atoms with E-state index >= 15 is 14.4 Å². The summed E-state index contributed by atoms with van der Waals surface area (Å²) in [6, 6.07) is 52.4. The van der Waals surface area contributed by atoms with Crippen molar-refractivity contribution >= 4 is 29.1 Å². The fraction of sp³-hybridized carbons (Fsp3) is 0.0930. The second-order valence-corrected chi connectivity index (χ2v) is 12.3. The van der Waals surface area contributed by atoms with Gasteiger partial charge in [-0.3, -0.25) is 19.3 Å². The highest BCUT2D eigenvalue weighted by Crippen LogP contribution is 2.66. The Morgan fingerprint density at radius 1 is 0.571 bits per heavy atom. The number of imide groups is 1. The van der Waals surface area contributed by atoms with Crippen molar-refractivity contribution in [1.29, 1.82) is 0 Å². The number of amides is 3. The van der Waals surface area contributed by atoms with Crippen LogP contribution in [0.1, 0.15) is 33.7 Å². The first-order valence-corrected chi connectivity index (χ1v) is 16.2. The molecule has 1 atom stereocenters. The molecule has 1 fully saturated rings. The van der Waals surface area contributed by atoms with E-state index in [0.717, 1.165) is 11.1 Å². The zero-order valence-corrected chi connectivity index (χ0v) is 26.8. The SMILES string of the molecule is COc1ccc(N2C(=O)C(c3ccccc3)(c3ccccc3)C23C(=O)N(C(=O)C(c2ccccc2)c2ccccc2)c2ccccc23)cc1. The number of para-hydroxylation sites is 1. The van der Waals surface area contributed by atoms with Gasteiger partial charge in [0.1, 0.15) is 11.2 Å². The Morgan fingerprint density at radius 2 is 1.04 bits per heavy atom. The van der Waals surface area contributed by atoms with Crippen LogP contribution in [-0.4, -0.2) is 24.8 Å². The normalized spacial score (nSPS) is 17.6. The van der Waals surface area contributed by atoms with Gasteiger partial charge in [0.25, 0.3) is 5.91 Å². The van der Waals surface area contributed by atoms with E-state index in [9.17, 15) is 0 Å². The summed E-state index contributed by atoms with van der Waals surface area (Å²) in [5, 5.41) is 0. The van der Waals surface area contributed by atoms with Gasteiger partial charge in [0.05, 0.1) is 18.7 Å². The summed E-state index contributed by atoms with van der Waals surface area (Å²) in [6.07, 6.45) is 0. The van der Waals surface area contributed by atoms with E-state index in [1.165, 1.54) is 4.90 Å². The van der Waals surface area contributed by atoms with Gasteiger partial charge >= 0.3 is 0 Å². The summed E-state index contributed by atoms with van der Waals surface area (Å²) >= 11 is 0. The molecule has 1 unspecified atom stereocenters. The fourth-order valence-corrected chi connectivity index (χ4v) is 7.90. The zero-order chi connectivity index (χ0) is 33.6. The first-order valence-electron chi connectivity index (χ1n) is 16.2. The fourth-order valence-electron chi connectivity index (χ4n) is 7.90. The average molecular weight is 641 g/mol. The monoisotopic (exact) mass is 640 g/mol. The molecule has 0 N–H and O–H groups in total. The molecule has 3 amide bonds. The minimum Gasteiger partial charge on any atom is -0.497 e. The average Bonchev–Trinajstić information content (AvgIpc) is 3.43. The third kappa shape index (κ3) is 4.17. The Bertz CT molecular complexity index is 2090.